The Kier molecular flexibility index (Phi) is 5.25. The Morgan fingerprint density at radius 3 is 1.15 bits per heavy atom. The molecule has 0 spiro atoms. The molecule has 0 saturated heterocycles. The molecule has 0 atom stereocenters. The summed E-state index contributed by atoms with van der Waals surface area (Å²) in [6.07, 6.45) is 0. The molecule has 48 heavy (non-hydrogen) atoms. The molecule has 4 aliphatic heterocycles. The molecule has 0 saturated carbocycles. The van der Waals surface area contributed by atoms with Gasteiger partial charge in [-0.15, -0.1) is 0 Å². The minimum atomic E-state index is -0.0494. The highest BCUT2D eigenvalue weighted by Gasteiger charge is 2.51. The highest BCUT2D eigenvalue weighted by Crippen LogP contribution is 2.53. The van der Waals surface area contributed by atoms with Gasteiger partial charge in [0.2, 0.25) is 0 Å². The summed E-state index contributed by atoms with van der Waals surface area (Å²) in [5.41, 5.74) is 13.8. The first-order chi connectivity index (χ1) is 23.9. The Morgan fingerprint density at radius 2 is 0.708 bits per heavy atom. The van der Waals surface area contributed by atoms with E-state index in [1.54, 1.807) is 0 Å². The summed E-state index contributed by atoms with van der Waals surface area (Å²) >= 11 is 0. The zero-order valence-corrected chi connectivity index (χ0v) is 25.9. The van der Waals surface area contributed by atoms with E-state index < -0.39 is 0 Å². The predicted octanol–water partition coefficient (Wildman–Crippen LogP) is 6.50. The molecule has 0 N–H and O–H groups in total. The summed E-state index contributed by atoms with van der Waals surface area (Å²) in [4.78, 5) is 4.91. The molecule has 0 bridgehead atoms. The number of anilines is 6. The third kappa shape index (κ3) is 3.36. The smallest absolute Gasteiger partial charge is 0.256 e. The summed E-state index contributed by atoms with van der Waals surface area (Å²) in [6, 6.07) is 56.2. The van der Waals surface area contributed by atoms with Crippen molar-refractivity contribution in [3.63, 3.8) is 0 Å². The molecule has 0 unspecified atom stereocenters. The van der Waals surface area contributed by atoms with Gasteiger partial charge in [-0.2, -0.15) is 0 Å². The summed E-state index contributed by atoms with van der Waals surface area (Å²) < 4.78 is 14.1. The zero-order valence-electron chi connectivity index (χ0n) is 25.9. The van der Waals surface area contributed by atoms with Crippen molar-refractivity contribution >= 4 is 80.3 Å². The number of rotatable bonds is 2. The molecule has 4 heterocycles. The third-order valence-electron chi connectivity index (χ3n) is 10.3. The molecule has 4 aliphatic rings. The van der Waals surface area contributed by atoms with Crippen LogP contribution in [0.4, 0.5) is 34.1 Å². The van der Waals surface area contributed by atoms with Crippen molar-refractivity contribution in [3.05, 3.63) is 158 Å². The number of hydrogen-bond donors (Lipinski definition) is 0. The van der Waals surface area contributed by atoms with Crippen LogP contribution in [0.5, 0.6) is 23.0 Å². The molecule has 7 aromatic rings. The summed E-state index contributed by atoms with van der Waals surface area (Å²) in [5, 5.41) is 0. The van der Waals surface area contributed by atoms with Crippen LogP contribution < -0.4 is 52.1 Å². The lowest BCUT2D eigenvalue weighted by Gasteiger charge is -2.47. The fourth-order valence-corrected chi connectivity index (χ4v) is 8.51. The van der Waals surface area contributed by atoms with Crippen molar-refractivity contribution in [3.8, 4) is 23.0 Å². The van der Waals surface area contributed by atoms with Crippen LogP contribution in [0.15, 0.2) is 158 Å². The fraction of sp³-hybridized carbons (Fsp3) is 0. The van der Waals surface area contributed by atoms with E-state index in [9.17, 15) is 0 Å². The lowest BCUT2D eigenvalue weighted by atomic mass is 9.31. The first-order valence-corrected chi connectivity index (χ1v) is 16.5. The lowest BCUT2D eigenvalue weighted by molar-refractivity contribution is 0.424. The molecule has 6 heteroatoms. The van der Waals surface area contributed by atoms with Crippen molar-refractivity contribution in [2.75, 3.05) is 9.80 Å². The standard InChI is InChI=1S/C42H26B2N2O2/c1-3-15-27(16-4-1)45-33-23-11-7-19-29(33)43-31-21-9-13-25-35(31)47-41-37(43)39(45)40-38-42(41)48-36-26-14-10-22-32(36)44(38)30-20-8-12-24-34(30)46(40)28-17-5-2-6-18-28/h1-26H. The van der Waals surface area contributed by atoms with Gasteiger partial charge in [0.05, 0.1) is 11.4 Å². The molecular formula is C42H26B2N2O2. The average molecular weight is 612 g/mol. The highest BCUT2D eigenvalue weighted by atomic mass is 16.5. The lowest BCUT2D eigenvalue weighted by Crippen LogP contribution is -2.64. The zero-order chi connectivity index (χ0) is 31.3. The van der Waals surface area contributed by atoms with Crippen molar-refractivity contribution in [1.29, 1.82) is 0 Å². The van der Waals surface area contributed by atoms with Gasteiger partial charge in [-0.25, -0.2) is 0 Å². The Labute approximate surface area is 279 Å². The molecular weight excluding hydrogens is 586 g/mol. The van der Waals surface area contributed by atoms with Crippen molar-refractivity contribution < 1.29 is 9.47 Å². The van der Waals surface area contributed by atoms with Crippen LogP contribution in [0.1, 0.15) is 0 Å². The minimum Gasteiger partial charge on any atom is -0.454 e. The molecule has 222 valence electrons. The Morgan fingerprint density at radius 1 is 0.354 bits per heavy atom. The largest absolute Gasteiger partial charge is 0.454 e. The number of hydrogen-bond acceptors (Lipinski definition) is 4. The number of para-hydroxylation sites is 6. The maximum atomic E-state index is 7.07. The van der Waals surface area contributed by atoms with Gasteiger partial charge in [0, 0.05) is 33.7 Å². The number of nitrogens with zero attached hydrogens (tertiary/aromatic N) is 2. The topological polar surface area (TPSA) is 24.9 Å². The average Bonchev–Trinajstić information content (AvgIpc) is 3.16. The van der Waals surface area contributed by atoms with E-state index in [0.29, 0.717) is 0 Å². The van der Waals surface area contributed by atoms with Gasteiger partial charge in [-0.3, -0.25) is 0 Å². The van der Waals surface area contributed by atoms with Crippen molar-refractivity contribution in [2.45, 2.75) is 0 Å². The molecule has 11 rings (SSSR count). The van der Waals surface area contributed by atoms with Crippen LogP contribution in [-0.4, -0.2) is 13.4 Å². The maximum Gasteiger partial charge on any atom is 0.256 e. The maximum absolute atomic E-state index is 7.07. The van der Waals surface area contributed by atoms with Gasteiger partial charge in [-0.05, 0) is 70.4 Å². The highest BCUT2D eigenvalue weighted by molar-refractivity contribution is 7.02. The minimum absolute atomic E-state index is 0.0494. The van der Waals surface area contributed by atoms with Crippen LogP contribution in [0.25, 0.3) is 0 Å². The molecule has 7 aromatic carbocycles. The monoisotopic (exact) mass is 612 g/mol. The van der Waals surface area contributed by atoms with Crippen LogP contribution in [0.2, 0.25) is 0 Å². The van der Waals surface area contributed by atoms with Gasteiger partial charge in [0.1, 0.15) is 11.5 Å². The van der Waals surface area contributed by atoms with E-state index in [-0.39, 0.29) is 13.4 Å². The van der Waals surface area contributed by atoms with E-state index in [1.807, 2.05) is 0 Å². The molecule has 0 fully saturated rings. The first kappa shape index (κ1) is 26.0. The third-order valence-corrected chi connectivity index (χ3v) is 10.3. The van der Waals surface area contributed by atoms with Gasteiger partial charge in [0.25, 0.3) is 13.4 Å². The number of ether oxygens (including phenoxy) is 2. The van der Waals surface area contributed by atoms with Gasteiger partial charge >= 0.3 is 0 Å². The fourth-order valence-electron chi connectivity index (χ4n) is 8.51. The SMILES string of the molecule is c1ccc(N2c3ccccc3B3c4ccccc4Oc4c5c6c(c2c43)N(c2ccccc2)c2ccccc2B6c2ccccc2O5)cc1. The van der Waals surface area contributed by atoms with E-state index in [2.05, 4.69) is 168 Å². The molecule has 0 aromatic heterocycles. The van der Waals surface area contributed by atoms with E-state index in [0.717, 1.165) is 67.6 Å². The van der Waals surface area contributed by atoms with Gasteiger partial charge < -0.3 is 19.3 Å². The quantitative estimate of drug-likeness (QED) is 0.209. The first-order valence-electron chi connectivity index (χ1n) is 16.5. The molecule has 0 amide bonds. The summed E-state index contributed by atoms with van der Waals surface area (Å²) in [6.45, 7) is -0.0987. The second-order valence-electron chi connectivity index (χ2n) is 12.8. The second kappa shape index (κ2) is 9.69. The normalized spacial score (nSPS) is 14.0. The van der Waals surface area contributed by atoms with Crippen molar-refractivity contribution in [2.24, 2.45) is 0 Å². The summed E-state index contributed by atoms with van der Waals surface area (Å²) in [7, 11) is 0. The predicted molar refractivity (Wildman–Crippen MR) is 198 cm³/mol. The van der Waals surface area contributed by atoms with E-state index in [1.165, 1.54) is 22.3 Å². The number of fused-ring (bicyclic) bond motifs is 10. The van der Waals surface area contributed by atoms with E-state index in [4.69, 9.17) is 9.47 Å². The second-order valence-corrected chi connectivity index (χ2v) is 12.8. The van der Waals surface area contributed by atoms with Crippen LogP contribution in [-0.2, 0) is 0 Å². The molecule has 0 radical (unpaired) electrons. The van der Waals surface area contributed by atoms with Crippen molar-refractivity contribution in [1.82, 2.24) is 0 Å². The van der Waals surface area contributed by atoms with E-state index >= 15 is 0 Å². The molecule has 4 nitrogen and oxygen atoms in total. The van der Waals surface area contributed by atoms with Crippen LogP contribution >= 0.6 is 0 Å². The Balaban J connectivity index is 1.36. The Hall–Kier alpha value is -6.13. The Bertz CT molecular complexity index is 2280. The number of benzene rings is 7. The molecule has 0 aliphatic carbocycles. The van der Waals surface area contributed by atoms with Crippen LogP contribution in [0, 0.1) is 0 Å². The van der Waals surface area contributed by atoms with Crippen LogP contribution in [0.3, 0.4) is 0 Å². The van der Waals surface area contributed by atoms with Gasteiger partial charge in [0.15, 0.2) is 11.5 Å². The summed E-state index contributed by atoms with van der Waals surface area (Å²) in [5.74, 6) is 3.34. The van der Waals surface area contributed by atoms with Gasteiger partial charge in [-0.1, -0.05) is 109 Å².